The summed E-state index contributed by atoms with van der Waals surface area (Å²) in [6.07, 6.45) is 0.788. The second kappa shape index (κ2) is 8.34. The Kier molecular flexibility index (Phi) is 5.77. The van der Waals surface area contributed by atoms with E-state index in [1.54, 1.807) is 35.6 Å². The van der Waals surface area contributed by atoms with E-state index in [-0.39, 0.29) is 23.4 Å². The first-order chi connectivity index (χ1) is 14.4. The van der Waals surface area contributed by atoms with Gasteiger partial charge in [0.25, 0.3) is 0 Å². The maximum Gasteiger partial charge on any atom is 0.243 e. The molecule has 0 spiro atoms. The molecule has 0 fully saturated rings. The summed E-state index contributed by atoms with van der Waals surface area (Å²) in [6, 6.07) is 18.5. The molecular formula is C23H24N2O3S2. The summed E-state index contributed by atoms with van der Waals surface area (Å²) in [5.74, 6) is -0.195. The molecule has 2 heterocycles. The highest BCUT2D eigenvalue weighted by Gasteiger charge is 2.34. The third-order valence-corrected chi connectivity index (χ3v) is 8.30. The van der Waals surface area contributed by atoms with Gasteiger partial charge in [-0.3, -0.25) is 4.79 Å². The average Bonchev–Trinajstić information content (AvgIpc) is 3.22. The van der Waals surface area contributed by atoms with Crippen LogP contribution in [0.1, 0.15) is 27.6 Å². The van der Waals surface area contributed by atoms with Crippen LogP contribution in [0.15, 0.2) is 70.9 Å². The maximum absolute atomic E-state index is 13.3. The number of hydrogen-bond donors (Lipinski definition) is 0. The van der Waals surface area contributed by atoms with Crippen LogP contribution < -0.4 is 0 Å². The minimum absolute atomic E-state index is 0.191. The molecule has 1 aromatic heterocycles. The molecule has 156 valence electrons. The number of amides is 1. The van der Waals surface area contributed by atoms with Gasteiger partial charge in [0.15, 0.2) is 0 Å². The number of fused-ring (bicyclic) bond motifs is 1. The number of hydrogen-bond acceptors (Lipinski definition) is 4. The molecule has 1 amide bonds. The van der Waals surface area contributed by atoms with Crippen molar-refractivity contribution < 1.29 is 13.2 Å². The number of benzene rings is 2. The van der Waals surface area contributed by atoms with Gasteiger partial charge < -0.3 is 4.90 Å². The van der Waals surface area contributed by atoms with Gasteiger partial charge in [-0.25, -0.2) is 8.42 Å². The molecule has 5 nitrogen and oxygen atoms in total. The smallest absolute Gasteiger partial charge is 0.243 e. The third kappa shape index (κ3) is 3.93. The summed E-state index contributed by atoms with van der Waals surface area (Å²) in [5.41, 5.74) is 3.15. The summed E-state index contributed by atoms with van der Waals surface area (Å²) in [6.45, 7) is 2.28. The van der Waals surface area contributed by atoms with Crippen LogP contribution in [0.3, 0.4) is 0 Å². The van der Waals surface area contributed by atoms with Crippen LogP contribution >= 0.6 is 11.3 Å². The Labute approximate surface area is 181 Å². The van der Waals surface area contributed by atoms with E-state index in [0.29, 0.717) is 6.54 Å². The summed E-state index contributed by atoms with van der Waals surface area (Å²) in [5, 5.41) is 2.06. The predicted octanol–water partition coefficient (Wildman–Crippen LogP) is 3.85. The fourth-order valence-electron chi connectivity index (χ4n) is 3.84. The number of rotatable bonds is 5. The molecule has 0 saturated carbocycles. The van der Waals surface area contributed by atoms with Gasteiger partial charge in [0, 0.05) is 18.5 Å². The first-order valence-corrected chi connectivity index (χ1v) is 12.1. The lowest BCUT2D eigenvalue weighted by molar-refractivity contribution is -0.133. The fourth-order valence-corrected chi connectivity index (χ4v) is 5.86. The Balaban J connectivity index is 1.60. The maximum atomic E-state index is 13.3. The Bertz CT molecular complexity index is 1140. The minimum Gasteiger partial charge on any atom is -0.330 e. The Morgan fingerprint density at radius 2 is 1.80 bits per heavy atom. The van der Waals surface area contributed by atoms with Crippen LogP contribution in [0.5, 0.6) is 0 Å². The number of sulfonamides is 1. The van der Waals surface area contributed by atoms with Crippen LogP contribution in [0.4, 0.5) is 0 Å². The van der Waals surface area contributed by atoms with Crippen LogP contribution in [-0.4, -0.2) is 43.7 Å². The molecule has 30 heavy (non-hydrogen) atoms. The van der Waals surface area contributed by atoms with Gasteiger partial charge in [-0.15, -0.1) is 11.3 Å². The molecule has 4 rings (SSSR count). The second-order valence-electron chi connectivity index (χ2n) is 7.52. The van der Waals surface area contributed by atoms with Crippen LogP contribution in [0.25, 0.3) is 0 Å². The summed E-state index contributed by atoms with van der Waals surface area (Å²) >= 11 is 1.71. The lowest BCUT2D eigenvalue weighted by atomic mass is 9.93. The quantitative estimate of drug-likeness (QED) is 0.606. The van der Waals surface area contributed by atoms with E-state index in [1.807, 2.05) is 42.2 Å². The number of nitrogens with zero attached hydrogens (tertiary/aromatic N) is 2. The molecule has 1 atom stereocenters. The Morgan fingerprint density at radius 1 is 1.10 bits per heavy atom. The molecule has 0 aliphatic carbocycles. The SMILES string of the molecule is Cc1ccc(S(=O)(=O)N(C)CC(=O)N2CCc3sccc3[C@H]2c2ccccc2)cc1. The van der Waals surface area contributed by atoms with Crippen molar-refractivity contribution in [3.8, 4) is 0 Å². The largest absolute Gasteiger partial charge is 0.330 e. The molecule has 0 radical (unpaired) electrons. The van der Waals surface area contributed by atoms with E-state index < -0.39 is 10.0 Å². The van der Waals surface area contributed by atoms with Crippen molar-refractivity contribution in [1.82, 2.24) is 9.21 Å². The monoisotopic (exact) mass is 440 g/mol. The lowest BCUT2D eigenvalue weighted by Gasteiger charge is -2.37. The van der Waals surface area contributed by atoms with Crippen LogP contribution in [0.2, 0.25) is 0 Å². The van der Waals surface area contributed by atoms with Crippen molar-refractivity contribution in [2.45, 2.75) is 24.3 Å². The zero-order valence-corrected chi connectivity index (χ0v) is 18.6. The van der Waals surface area contributed by atoms with E-state index in [0.717, 1.165) is 27.4 Å². The summed E-state index contributed by atoms with van der Waals surface area (Å²) in [4.78, 5) is 16.6. The van der Waals surface area contributed by atoms with Gasteiger partial charge in [-0.05, 0) is 48.1 Å². The molecule has 3 aromatic rings. The normalized spacial score (nSPS) is 16.5. The van der Waals surface area contributed by atoms with Crippen LogP contribution in [-0.2, 0) is 21.2 Å². The van der Waals surface area contributed by atoms with E-state index in [9.17, 15) is 13.2 Å². The van der Waals surface area contributed by atoms with E-state index in [4.69, 9.17) is 0 Å². The van der Waals surface area contributed by atoms with Crippen molar-refractivity contribution in [2.24, 2.45) is 0 Å². The molecule has 1 aliphatic rings. The number of carbonyl (C=O) groups excluding carboxylic acids is 1. The Hall–Kier alpha value is -2.48. The molecule has 7 heteroatoms. The number of likely N-dealkylation sites (N-methyl/N-ethyl adjacent to an activating group) is 1. The summed E-state index contributed by atoms with van der Waals surface area (Å²) in [7, 11) is -2.27. The van der Waals surface area contributed by atoms with Crippen molar-refractivity contribution in [2.75, 3.05) is 20.1 Å². The van der Waals surface area contributed by atoms with E-state index in [2.05, 4.69) is 11.4 Å². The molecule has 0 unspecified atom stereocenters. The molecule has 1 aliphatic heterocycles. The zero-order valence-electron chi connectivity index (χ0n) is 17.0. The Morgan fingerprint density at radius 3 is 2.50 bits per heavy atom. The second-order valence-corrected chi connectivity index (χ2v) is 10.6. The van der Waals surface area contributed by atoms with Crippen LogP contribution in [0, 0.1) is 6.92 Å². The van der Waals surface area contributed by atoms with E-state index in [1.165, 1.54) is 11.9 Å². The van der Waals surface area contributed by atoms with Gasteiger partial charge >= 0.3 is 0 Å². The minimum atomic E-state index is -3.73. The number of aryl methyl sites for hydroxylation is 1. The molecular weight excluding hydrogens is 416 g/mol. The molecule has 0 N–H and O–H groups in total. The fraction of sp³-hybridized carbons (Fsp3) is 0.261. The average molecular weight is 441 g/mol. The van der Waals surface area contributed by atoms with Crippen molar-refractivity contribution in [1.29, 1.82) is 0 Å². The van der Waals surface area contributed by atoms with Gasteiger partial charge in [0.1, 0.15) is 0 Å². The number of thiophene rings is 1. The third-order valence-electron chi connectivity index (χ3n) is 5.49. The van der Waals surface area contributed by atoms with Gasteiger partial charge in [0.2, 0.25) is 15.9 Å². The van der Waals surface area contributed by atoms with Gasteiger partial charge in [-0.2, -0.15) is 4.31 Å². The van der Waals surface area contributed by atoms with Gasteiger partial charge in [-0.1, -0.05) is 48.0 Å². The standard InChI is InChI=1S/C23H24N2O3S2/c1-17-8-10-19(11-9-17)30(27,28)24(2)16-22(26)25-14-12-21-20(13-15-29-21)23(25)18-6-4-3-5-7-18/h3-11,13,15,23H,12,14,16H2,1-2H3/t23-/m1/s1. The number of carbonyl (C=O) groups is 1. The zero-order chi connectivity index (χ0) is 21.3. The summed E-state index contributed by atoms with van der Waals surface area (Å²) < 4.78 is 27.0. The highest BCUT2D eigenvalue weighted by molar-refractivity contribution is 7.89. The molecule has 0 saturated heterocycles. The van der Waals surface area contributed by atoms with Crippen molar-refractivity contribution >= 4 is 27.3 Å². The first kappa shape index (κ1) is 20.8. The van der Waals surface area contributed by atoms with Gasteiger partial charge in [0.05, 0.1) is 17.5 Å². The predicted molar refractivity (Wildman–Crippen MR) is 119 cm³/mol. The topological polar surface area (TPSA) is 57.7 Å². The lowest BCUT2D eigenvalue weighted by Crippen LogP contribution is -2.45. The van der Waals surface area contributed by atoms with Crippen molar-refractivity contribution in [3.05, 3.63) is 87.6 Å². The highest BCUT2D eigenvalue weighted by Crippen LogP contribution is 2.37. The first-order valence-electron chi connectivity index (χ1n) is 9.81. The van der Waals surface area contributed by atoms with Crippen molar-refractivity contribution in [3.63, 3.8) is 0 Å². The molecule has 2 aromatic carbocycles. The molecule has 0 bridgehead atoms. The highest BCUT2D eigenvalue weighted by atomic mass is 32.2. The van der Waals surface area contributed by atoms with E-state index >= 15 is 0 Å².